The summed E-state index contributed by atoms with van der Waals surface area (Å²) in [6, 6.07) is 68.0. The Morgan fingerprint density at radius 2 is 0.772 bits per heavy atom. The summed E-state index contributed by atoms with van der Waals surface area (Å²) >= 11 is 1.76. The second-order valence-corrected chi connectivity index (χ2v) is 15.3. The second kappa shape index (κ2) is 13.7. The molecule has 0 radical (unpaired) electrons. The van der Waals surface area contributed by atoms with Crippen LogP contribution in [0.15, 0.2) is 194 Å². The van der Waals surface area contributed by atoms with Crippen LogP contribution < -0.4 is 0 Å². The van der Waals surface area contributed by atoms with E-state index < -0.39 is 0 Å². The number of nitrogens with zero attached hydrogens (tertiary/aromatic N) is 4. The van der Waals surface area contributed by atoms with Crippen LogP contribution in [0.1, 0.15) is 0 Å². The molecule has 57 heavy (non-hydrogen) atoms. The van der Waals surface area contributed by atoms with Crippen LogP contribution in [0.2, 0.25) is 0 Å². The van der Waals surface area contributed by atoms with Gasteiger partial charge in [-0.2, -0.15) is 0 Å². The van der Waals surface area contributed by atoms with Gasteiger partial charge in [0.05, 0.1) is 27.1 Å². The van der Waals surface area contributed by atoms with Crippen LogP contribution in [0.25, 0.3) is 110 Å². The Labute approximate surface area is 333 Å². The maximum atomic E-state index is 5.30. The lowest BCUT2D eigenvalue weighted by molar-refractivity contribution is 1.22. The van der Waals surface area contributed by atoms with Gasteiger partial charge in [0.2, 0.25) is 0 Å². The van der Waals surface area contributed by atoms with E-state index in [1.807, 2.05) is 24.3 Å². The van der Waals surface area contributed by atoms with Crippen molar-refractivity contribution in [3.05, 3.63) is 194 Å². The number of hydrogen-bond donors (Lipinski definition) is 0. The molecule has 0 fully saturated rings. The van der Waals surface area contributed by atoms with Gasteiger partial charge in [0.15, 0.2) is 11.6 Å². The first-order valence-corrected chi connectivity index (χ1v) is 19.9. The highest BCUT2D eigenvalue weighted by Crippen LogP contribution is 2.41. The largest absolute Gasteiger partial charge is 0.228 e. The molecule has 0 aliphatic carbocycles. The van der Waals surface area contributed by atoms with Crippen molar-refractivity contribution < 1.29 is 0 Å². The summed E-state index contributed by atoms with van der Waals surface area (Å²) in [6.45, 7) is 0. The number of benzene rings is 8. The molecular weight excluding hydrogens is 713 g/mol. The number of para-hydroxylation sites is 1. The summed E-state index contributed by atoms with van der Waals surface area (Å²) < 4.78 is 2.29. The molecular formula is C52H32N4S. The minimum Gasteiger partial charge on any atom is -0.228 e. The van der Waals surface area contributed by atoms with E-state index in [4.69, 9.17) is 19.9 Å². The lowest BCUT2D eigenvalue weighted by atomic mass is 10.0. The fourth-order valence-corrected chi connectivity index (χ4v) is 8.93. The first-order valence-electron chi connectivity index (χ1n) is 19.0. The molecule has 3 aromatic heterocycles. The standard InChI is InChI=1S/C52H32N4S/c1-3-11-33(12-4-1)35-19-23-37(24-20-35)47-43-17-9-10-18-45(43)53-51(54-47)39-27-29-40(30-28-39)52-55-48(38-25-21-36(22-26-38)34-13-5-2-6-14-34)50-49(56-52)44-31-41-15-7-8-16-42(41)32-46(44)57-50/h1-32H. The molecule has 0 bridgehead atoms. The first-order chi connectivity index (χ1) is 28.2. The van der Waals surface area contributed by atoms with Crippen LogP contribution in [0.3, 0.4) is 0 Å². The molecule has 0 amide bonds. The van der Waals surface area contributed by atoms with E-state index in [-0.39, 0.29) is 0 Å². The van der Waals surface area contributed by atoms with Crippen molar-refractivity contribution in [3.63, 3.8) is 0 Å². The van der Waals surface area contributed by atoms with Crippen LogP contribution in [-0.4, -0.2) is 19.9 Å². The van der Waals surface area contributed by atoms with E-state index in [2.05, 4.69) is 170 Å². The summed E-state index contributed by atoms with van der Waals surface area (Å²) in [5.74, 6) is 1.36. The van der Waals surface area contributed by atoms with Crippen LogP contribution in [0.4, 0.5) is 0 Å². The normalized spacial score (nSPS) is 11.5. The van der Waals surface area contributed by atoms with E-state index in [0.717, 1.165) is 60.1 Å². The minimum atomic E-state index is 0.675. The maximum absolute atomic E-state index is 5.30. The maximum Gasteiger partial charge on any atom is 0.160 e. The number of rotatable bonds is 6. The fraction of sp³-hybridized carbons (Fsp3) is 0. The molecule has 5 heteroatoms. The van der Waals surface area contributed by atoms with Gasteiger partial charge in [0.1, 0.15) is 0 Å². The zero-order valence-corrected chi connectivity index (χ0v) is 31.5. The van der Waals surface area contributed by atoms with Gasteiger partial charge >= 0.3 is 0 Å². The average Bonchev–Trinajstić information content (AvgIpc) is 3.65. The number of fused-ring (bicyclic) bond motifs is 5. The summed E-state index contributed by atoms with van der Waals surface area (Å²) in [5, 5.41) is 4.58. The lowest BCUT2D eigenvalue weighted by Gasteiger charge is -2.11. The van der Waals surface area contributed by atoms with Crippen molar-refractivity contribution in [2.24, 2.45) is 0 Å². The van der Waals surface area contributed by atoms with Crippen molar-refractivity contribution in [1.29, 1.82) is 0 Å². The van der Waals surface area contributed by atoms with Crippen molar-refractivity contribution in [2.45, 2.75) is 0 Å². The van der Waals surface area contributed by atoms with E-state index >= 15 is 0 Å². The quantitative estimate of drug-likeness (QED) is 0.170. The molecule has 0 saturated carbocycles. The number of aromatic nitrogens is 4. The SMILES string of the molecule is c1ccc(-c2ccc(-c3nc(-c4ccc(-c5nc(-c6ccc(-c7ccccc7)cc6)c6sc7cc8ccccc8cc7c6n5)cc4)nc4ccccc34)cc2)cc1. The highest BCUT2D eigenvalue weighted by atomic mass is 32.1. The van der Waals surface area contributed by atoms with E-state index in [1.165, 1.54) is 37.7 Å². The van der Waals surface area contributed by atoms with Crippen molar-refractivity contribution in [3.8, 4) is 67.5 Å². The Balaban J connectivity index is 1.01. The van der Waals surface area contributed by atoms with Crippen molar-refractivity contribution in [1.82, 2.24) is 19.9 Å². The molecule has 4 nitrogen and oxygen atoms in total. The predicted molar refractivity (Wildman–Crippen MR) is 238 cm³/mol. The lowest BCUT2D eigenvalue weighted by Crippen LogP contribution is -1.96. The van der Waals surface area contributed by atoms with Crippen LogP contribution >= 0.6 is 11.3 Å². The van der Waals surface area contributed by atoms with Crippen molar-refractivity contribution in [2.75, 3.05) is 0 Å². The summed E-state index contributed by atoms with van der Waals surface area (Å²) in [6.07, 6.45) is 0. The Morgan fingerprint density at radius 1 is 0.316 bits per heavy atom. The van der Waals surface area contributed by atoms with Gasteiger partial charge in [-0.15, -0.1) is 11.3 Å². The molecule has 8 aromatic carbocycles. The molecule has 0 aliphatic heterocycles. The molecule has 11 rings (SSSR count). The molecule has 0 N–H and O–H groups in total. The van der Waals surface area contributed by atoms with E-state index in [0.29, 0.717) is 11.6 Å². The Hall–Kier alpha value is -7.34. The molecule has 266 valence electrons. The van der Waals surface area contributed by atoms with Gasteiger partial charge in [-0.1, -0.05) is 176 Å². The summed E-state index contributed by atoms with van der Waals surface area (Å²) in [5.41, 5.74) is 12.4. The van der Waals surface area contributed by atoms with Gasteiger partial charge < -0.3 is 0 Å². The molecule has 0 atom stereocenters. The molecule has 0 saturated heterocycles. The second-order valence-electron chi connectivity index (χ2n) is 14.2. The molecule has 0 aliphatic rings. The zero-order valence-electron chi connectivity index (χ0n) is 30.7. The third kappa shape index (κ3) is 6.02. The average molecular weight is 745 g/mol. The summed E-state index contributed by atoms with van der Waals surface area (Å²) in [4.78, 5) is 20.8. The number of thiophene rings is 1. The zero-order chi connectivity index (χ0) is 37.7. The van der Waals surface area contributed by atoms with Gasteiger partial charge in [0.25, 0.3) is 0 Å². The Kier molecular flexibility index (Phi) is 7.97. The van der Waals surface area contributed by atoms with Crippen LogP contribution in [0.5, 0.6) is 0 Å². The van der Waals surface area contributed by atoms with Crippen molar-refractivity contribution >= 4 is 53.3 Å². The van der Waals surface area contributed by atoms with Crippen LogP contribution in [-0.2, 0) is 0 Å². The number of hydrogen-bond acceptors (Lipinski definition) is 5. The van der Waals surface area contributed by atoms with Gasteiger partial charge in [-0.25, -0.2) is 19.9 Å². The highest BCUT2D eigenvalue weighted by molar-refractivity contribution is 7.26. The highest BCUT2D eigenvalue weighted by Gasteiger charge is 2.18. The van der Waals surface area contributed by atoms with Gasteiger partial charge in [0, 0.05) is 37.7 Å². The van der Waals surface area contributed by atoms with Gasteiger partial charge in [-0.05, 0) is 51.2 Å². The Bertz CT molecular complexity index is 3250. The van der Waals surface area contributed by atoms with Crippen LogP contribution in [0, 0.1) is 0 Å². The monoisotopic (exact) mass is 744 g/mol. The summed E-state index contributed by atoms with van der Waals surface area (Å²) in [7, 11) is 0. The van der Waals surface area contributed by atoms with E-state index in [9.17, 15) is 0 Å². The smallest absolute Gasteiger partial charge is 0.160 e. The minimum absolute atomic E-state index is 0.675. The Morgan fingerprint density at radius 3 is 1.40 bits per heavy atom. The third-order valence-electron chi connectivity index (χ3n) is 10.7. The molecule has 0 spiro atoms. The fourth-order valence-electron chi connectivity index (χ4n) is 7.75. The van der Waals surface area contributed by atoms with E-state index in [1.54, 1.807) is 11.3 Å². The predicted octanol–water partition coefficient (Wildman–Crippen LogP) is 13.9. The topological polar surface area (TPSA) is 51.6 Å². The van der Waals surface area contributed by atoms with Gasteiger partial charge in [-0.3, -0.25) is 0 Å². The first kappa shape index (κ1) is 33.0. The molecule has 0 unspecified atom stereocenters. The molecule has 3 heterocycles. The molecule has 11 aromatic rings. The third-order valence-corrected chi connectivity index (χ3v) is 11.9.